The van der Waals surface area contributed by atoms with Gasteiger partial charge in [-0.15, -0.1) is 0 Å². The minimum atomic E-state index is -2.23. The van der Waals surface area contributed by atoms with Crippen LogP contribution in [0, 0.1) is 5.92 Å². The number of hydrogen-bond donors (Lipinski definition) is 12. The van der Waals surface area contributed by atoms with Crippen LogP contribution in [0.25, 0.3) is 0 Å². The van der Waals surface area contributed by atoms with E-state index in [1.165, 1.54) is 13.8 Å². The number of amides is 2. The fourth-order valence-electron chi connectivity index (χ4n) is 7.71. The molecule has 3 rings (SSSR count). The first-order chi connectivity index (χ1) is 30.9. The number of rotatable bonds is 29. The highest BCUT2D eigenvalue weighted by Gasteiger charge is 2.54. The Bertz CT molecular complexity index is 1340. The van der Waals surface area contributed by atoms with Gasteiger partial charge in [-0.3, -0.25) is 9.59 Å². The van der Waals surface area contributed by atoms with Crippen LogP contribution in [0.15, 0.2) is 0 Å². The van der Waals surface area contributed by atoms with E-state index >= 15 is 0 Å². The van der Waals surface area contributed by atoms with Crippen LogP contribution < -0.4 is 10.6 Å². The quantitative estimate of drug-likeness (QED) is 0.0247. The van der Waals surface area contributed by atoms with Gasteiger partial charge in [-0.1, -0.05) is 20.8 Å². The highest BCUT2D eigenvalue weighted by Crippen LogP contribution is 2.34. The zero-order valence-electron chi connectivity index (χ0n) is 38.1. The van der Waals surface area contributed by atoms with Gasteiger partial charge in [0.25, 0.3) is 0 Å². The molecule has 0 bridgehead atoms. The smallest absolute Gasteiger partial charge is 0.217 e. The summed E-state index contributed by atoms with van der Waals surface area (Å²) in [6.45, 7) is 9.64. The zero-order chi connectivity index (χ0) is 48.4. The minimum Gasteiger partial charge on any atom is -0.396 e. The molecule has 0 aromatic rings. The highest BCUT2D eigenvalue weighted by atomic mass is 16.7. The van der Waals surface area contributed by atoms with Gasteiger partial charge in [0.05, 0.1) is 64.0 Å². The van der Waals surface area contributed by atoms with E-state index in [2.05, 4.69) is 10.6 Å². The molecule has 3 aliphatic heterocycles. The second-order valence-corrected chi connectivity index (χ2v) is 16.7. The summed E-state index contributed by atoms with van der Waals surface area (Å²) in [6.07, 6.45) is -25.4. The molecule has 24 heteroatoms. The first-order valence-corrected chi connectivity index (χ1v) is 22.3. The summed E-state index contributed by atoms with van der Waals surface area (Å²) in [6, 6.07) is -2.68. The van der Waals surface area contributed by atoms with E-state index in [0.29, 0.717) is 39.5 Å². The molecule has 12 N–H and O–H groups in total. The monoisotopic (exact) mass is 948 g/mol. The number of hydrogen-bond acceptors (Lipinski definition) is 22. The summed E-state index contributed by atoms with van der Waals surface area (Å²) in [4.78, 5) is 24.9. The van der Waals surface area contributed by atoms with Crippen LogP contribution >= 0.6 is 0 Å². The Morgan fingerprint density at radius 3 is 1.88 bits per heavy atom. The predicted molar refractivity (Wildman–Crippen MR) is 221 cm³/mol. The molecule has 0 saturated carbocycles. The van der Waals surface area contributed by atoms with Crippen molar-refractivity contribution in [2.45, 2.75) is 177 Å². The molecule has 2 amide bonds. The molecule has 0 spiro atoms. The fraction of sp³-hybridized carbons (Fsp3) is 0.951. The van der Waals surface area contributed by atoms with Crippen LogP contribution in [-0.2, 0) is 57.0 Å². The van der Waals surface area contributed by atoms with Crippen LogP contribution in [0.5, 0.6) is 0 Å². The maximum Gasteiger partial charge on any atom is 0.217 e. The largest absolute Gasteiger partial charge is 0.396 e. The molecule has 19 atom stereocenters. The standard InChI is InChI=1S/C41H76N2O22/c1-7-11-56-14-15-57-12-8-13-58-16-17-59-36(24(48)9-10-44)34(54)39(55)64-37-25(18-45)63-40(28(31(37)51)43-23(6)47)65-38-26(19-60-41-33(53)32(52)29(49)21(4)61-41)62-35(20(2)3)27(30(38)50)42-22(5)46/h20-21,24-41,44-45,48-55H,7-19H2,1-6H3,(H,42,46)(H,43,47)/t21-,24+,25?,26?,27?,28?,29+,30+,31+,32?,33?,34?,35-,36-,37+,38+,39-,40-,41+/m0/s1. The molecule has 7 unspecified atom stereocenters. The Balaban J connectivity index is 1.77. The van der Waals surface area contributed by atoms with E-state index in [0.717, 1.165) is 13.3 Å². The molecule has 3 heterocycles. The third-order valence-corrected chi connectivity index (χ3v) is 11.1. The van der Waals surface area contributed by atoms with Crippen molar-refractivity contribution >= 4 is 11.8 Å². The van der Waals surface area contributed by atoms with Crippen molar-refractivity contribution in [1.82, 2.24) is 10.6 Å². The van der Waals surface area contributed by atoms with Crippen molar-refractivity contribution in [1.29, 1.82) is 0 Å². The summed E-state index contributed by atoms with van der Waals surface area (Å²) in [5.41, 5.74) is 0. The maximum absolute atomic E-state index is 12.6. The van der Waals surface area contributed by atoms with Gasteiger partial charge >= 0.3 is 0 Å². The van der Waals surface area contributed by atoms with Gasteiger partial charge in [0.15, 0.2) is 18.9 Å². The van der Waals surface area contributed by atoms with E-state index in [1.54, 1.807) is 13.8 Å². The molecular weight excluding hydrogens is 872 g/mol. The Kier molecular flexibility index (Phi) is 25.8. The fourth-order valence-corrected chi connectivity index (χ4v) is 7.71. The number of aliphatic hydroxyl groups is 10. The third kappa shape index (κ3) is 17.3. The molecule has 0 aliphatic carbocycles. The molecule has 0 aromatic carbocycles. The lowest BCUT2D eigenvalue weighted by Gasteiger charge is -2.50. The van der Waals surface area contributed by atoms with Crippen molar-refractivity contribution in [3.63, 3.8) is 0 Å². The second-order valence-electron chi connectivity index (χ2n) is 16.7. The summed E-state index contributed by atoms with van der Waals surface area (Å²) in [7, 11) is 0. The van der Waals surface area contributed by atoms with E-state index in [4.69, 9.17) is 47.4 Å². The van der Waals surface area contributed by atoms with E-state index < -0.39 is 148 Å². The number of ether oxygens (including phenoxy) is 10. The second kappa shape index (κ2) is 29.2. The average Bonchev–Trinajstić information content (AvgIpc) is 3.25. The molecule has 382 valence electrons. The van der Waals surface area contributed by atoms with Gasteiger partial charge in [-0.2, -0.15) is 0 Å². The summed E-state index contributed by atoms with van der Waals surface area (Å²) in [5, 5.41) is 113. The lowest BCUT2D eigenvalue weighted by Crippen LogP contribution is -2.70. The normalized spacial score (nSPS) is 35.1. The molecule has 3 saturated heterocycles. The third-order valence-electron chi connectivity index (χ3n) is 11.1. The van der Waals surface area contributed by atoms with Crippen LogP contribution in [0.2, 0.25) is 0 Å². The summed E-state index contributed by atoms with van der Waals surface area (Å²) >= 11 is 0. The van der Waals surface area contributed by atoms with Crippen LogP contribution in [0.3, 0.4) is 0 Å². The van der Waals surface area contributed by atoms with Crippen molar-refractivity contribution in [2.75, 3.05) is 66.1 Å². The Morgan fingerprint density at radius 1 is 0.692 bits per heavy atom. The maximum atomic E-state index is 12.6. The van der Waals surface area contributed by atoms with Crippen molar-refractivity contribution in [2.24, 2.45) is 5.92 Å². The Labute approximate surface area is 379 Å². The molecule has 24 nitrogen and oxygen atoms in total. The molecule has 65 heavy (non-hydrogen) atoms. The van der Waals surface area contributed by atoms with E-state index in [9.17, 15) is 60.7 Å². The number of carbonyl (C=O) groups is 2. The van der Waals surface area contributed by atoms with Crippen molar-refractivity contribution in [3.8, 4) is 0 Å². The predicted octanol–water partition coefficient (Wildman–Crippen LogP) is -4.87. The van der Waals surface area contributed by atoms with E-state index in [1.807, 2.05) is 6.92 Å². The zero-order valence-corrected chi connectivity index (χ0v) is 38.1. The first kappa shape index (κ1) is 57.5. The lowest BCUT2D eigenvalue weighted by atomic mass is 9.87. The molecule has 0 aromatic heterocycles. The average molecular weight is 949 g/mol. The number of nitrogens with one attached hydrogen (secondary N) is 2. The summed E-state index contributed by atoms with van der Waals surface area (Å²) in [5.74, 6) is -1.56. The van der Waals surface area contributed by atoms with Gasteiger partial charge in [0, 0.05) is 40.3 Å². The number of aliphatic hydroxyl groups excluding tert-OH is 10. The SMILES string of the molecule is CCCOCCOCCCOCCO[C@H](C(O)[C@@H](O)O[C@@H]1C(CO)O[C@@H](O[C@@H]2C(CO[C@@H]3O[C@@H](C)[C@@H](O)C(O)C3O)O[C@@H](C(C)C)C(NC(C)=O)[C@H]2O)C(NC(C)=O)[C@H]1O)[C@H](O)CCO. The van der Waals surface area contributed by atoms with Gasteiger partial charge in [0.1, 0.15) is 73.2 Å². The van der Waals surface area contributed by atoms with Crippen LogP contribution in [0.4, 0.5) is 0 Å². The van der Waals surface area contributed by atoms with Gasteiger partial charge in [-0.25, -0.2) is 0 Å². The Morgan fingerprint density at radius 2 is 1.29 bits per heavy atom. The van der Waals surface area contributed by atoms with Crippen LogP contribution in [-0.4, -0.2) is 245 Å². The lowest BCUT2D eigenvalue weighted by molar-refractivity contribution is -0.343. The summed E-state index contributed by atoms with van der Waals surface area (Å²) < 4.78 is 57.7. The highest BCUT2D eigenvalue weighted by molar-refractivity contribution is 5.73. The first-order valence-electron chi connectivity index (χ1n) is 22.3. The molecule has 3 aliphatic rings. The van der Waals surface area contributed by atoms with Crippen LogP contribution in [0.1, 0.15) is 60.8 Å². The topological polar surface area (TPSA) is 353 Å². The molecular formula is C41H76N2O22. The van der Waals surface area contributed by atoms with Gasteiger partial charge in [0.2, 0.25) is 11.8 Å². The van der Waals surface area contributed by atoms with Crippen molar-refractivity contribution < 1.29 is 108 Å². The molecule has 3 fully saturated rings. The number of carbonyl (C=O) groups excluding carboxylic acids is 2. The van der Waals surface area contributed by atoms with Crippen molar-refractivity contribution in [3.05, 3.63) is 0 Å². The minimum absolute atomic E-state index is 0.0212. The van der Waals surface area contributed by atoms with Gasteiger partial charge < -0.3 is 109 Å². The van der Waals surface area contributed by atoms with Gasteiger partial charge in [-0.05, 0) is 32.1 Å². The Hall–Kier alpha value is -1.86. The van der Waals surface area contributed by atoms with E-state index in [-0.39, 0.29) is 25.6 Å². The molecule has 0 radical (unpaired) electrons.